The molecule has 2 rings (SSSR count). The monoisotopic (exact) mass is 265 g/mol. The summed E-state index contributed by atoms with van der Waals surface area (Å²) in [5.41, 5.74) is 1.23. The molecular formula is C14H17F2N3. The van der Waals surface area contributed by atoms with Crippen LogP contribution in [0.15, 0.2) is 30.5 Å². The number of aryl methyl sites for hydroxylation is 1. The minimum absolute atomic E-state index is 0.306. The lowest BCUT2D eigenvalue weighted by atomic mass is 10.1. The second-order valence-electron chi connectivity index (χ2n) is 4.43. The van der Waals surface area contributed by atoms with Gasteiger partial charge < -0.3 is 5.32 Å². The van der Waals surface area contributed by atoms with Crippen LogP contribution < -0.4 is 5.32 Å². The lowest BCUT2D eigenvalue weighted by Crippen LogP contribution is -2.26. The average molecular weight is 265 g/mol. The number of rotatable bonds is 5. The van der Waals surface area contributed by atoms with Gasteiger partial charge in [-0.1, -0.05) is 19.1 Å². The van der Waals surface area contributed by atoms with Crippen molar-refractivity contribution in [1.82, 2.24) is 15.1 Å². The highest BCUT2D eigenvalue weighted by Crippen LogP contribution is 2.20. The van der Waals surface area contributed by atoms with Gasteiger partial charge in [-0.25, -0.2) is 8.78 Å². The average Bonchev–Trinajstić information content (AvgIpc) is 2.78. The molecule has 0 radical (unpaired) electrons. The standard InChI is InChI=1S/C14H17F2N3/c1-3-17-13(9-19-8-7-10(2)18-19)11-5-4-6-12(15)14(11)16/h4-8,13,17H,3,9H2,1-2H3. The van der Waals surface area contributed by atoms with Gasteiger partial charge in [-0.2, -0.15) is 5.10 Å². The molecule has 1 N–H and O–H groups in total. The van der Waals surface area contributed by atoms with Crippen molar-refractivity contribution in [1.29, 1.82) is 0 Å². The zero-order valence-corrected chi connectivity index (χ0v) is 11.0. The summed E-state index contributed by atoms with van der Waals surface area (Å²) in [4.78, 5) is 0. The molecule has 0 amide bonds. The topological polar surface area (TPSA) is 29.9 Å². The van der Waals surface area contributed by atoms with E-state index in [2.05, 4.69) is 10.4 Å². The summed E-state index contributed by atoms with van der Waals surface area (Å²) in [6.07, 6.45) is 1.83. The molecule has 0 aliphatic heterocycles. The molecule has 0 fully saturated rings. The van der Waals surface area contributed by atoms with Gasteiger partial charge in [0.1, 0.15) is 0 Å². The van der Waals surface area contributed by atoms with Crippen molar-refractivity contribution in [3.05, 3.63) is 53.4 Å². The van der Waals surface area contributed by atoms with Gasteiger partial charge in [-0.3, -0.25) is 4.68 Å². The highest BCUT2D eigenvalue weighted by Gasteiger charge is 2.18. The summed E-state index contributed by atoms with van der Waals surface area (Å²) >= 11 is 0. The molecule has 19 heavy (non-hydrogen) atoms. The predicted molar refractivity (Wildman–Crippen MR) is 69.7 cm³/mol. The minimum Gasteiger partial charge on any atom is -0.309 e. The minimum atomic E-state index is -0.822. The Bertz CT molecular complexity index is 551. The molecule has 0 bridgehead atoms. The van der Waals surface area contributed by atoms with Crippen molar-refractivity contribution < 1.29 is 8.78 Å². The maximum Gasteiger partial charge on any atom is 0.163 e. The summed E-state index contributed by atoms with van der Waals surface area (Å²) in [6, 6.07) is 5.82. The molecular weight excluding hydrogens is 248 g/mol. The first-order valence-electron chi connectivity index (χ1n) is 6.29. The third-order valence-corrected chi connectivity index (χ3v) is 2.95. The van der Waals surface area contributed by atoms with Crippen LogP contribution >= 0.6 is 0 Å². The van der Waals surface area contributed by atoms with E-state index in [1.54, 1.807) is 10.7 Å². The number of aromatic nitrogens is 2. The third-order valence-electron chi connectivity index (χ3n) is 2.95. The van der Waals surface area contributed by atoms with E-state index in [0.29, 0.717) is 18.7 Å². The van der Waals surface area contributed by atoms with Crippen LogP contribution in [0.3, 0.4) is 0 Å². The van der Waals surface area contributed by atoms with Crippen LogP contribution in [0.2, 0.25) is 0 Å². The molecule has 0 saturated heterocycles. The van der Waals surface area contributed by atoms with Crippen molar-refractivity contribution in [3.63, 3.8) is 0 Å². The number of nitrogens with one attached hydrogen (secondary N) is 1. The van der Waals surface area contributed by atoms with Gasteiger partial charge in [0.15, 0.2) is 11.6 Å². The van der Waals surface area contributed by atoms with Crippen LogP contribution in [0, 0.1) is 18.6 Å². The van der Waals surface area contributed by atoms with E-state index in [4.69, 9.17) is 0 Å². The fourth-order valence-electron chi connectivity index (χ4n) is 2.06. The first-order valence-corrected chi connectivity index (χ1v) is 6.29. The Balaban J connectivity index is 2.26. The molecule has 0 spiro atoms. The second kappa shape index (κ2) is 5.93. The Morgan fingerprint density at radius 1 is 1.32 bits per heavy atom. The molecule has 0 aliphatic carbocycles. The number of hydrogen-bond acceptors (Lipinski definition) is 2. The number of likely N-dealkylation sites (N-methyl/N-ethyl adjacent to an activating group) is 1. The molecule has 3 nitrogen and oxygen atoms in total. The van der Waals surface area contributed by atoms with Crippen molar-refractivity contribution in [3.8, 4) is 0 Å². The van der Waals surface area contributed by atoms with Gasteiger partial charge in [0.2, 0.25) is 0 Å². The molecule has 102 valence electrons. The van der Waals surface area contributed by atoms with Crippen molar-refractivity contribution in [2.24, 2.45) is 0 Å². The zero-order chi connectivity index (χ0) is 13.8. The Morgan fingerprint density at radius 2 is 2.11 bits per heavy atom. The lowest BCUT2D eigenvalue weighted by molar-refractivity contribution is 0.416. The third kappa shape index (κ3) is 3.17. The maximum atomic E-state index is 13.8. The Kier molecular flexibility index (Phi) is 4.27. The SMILES string of the molecule is CCNC(Cn1ccc(C)n1)c1cccc(F)c1F. The van der Waals surface area contributed by atoms with Gasteiger partial charge in [0, 0.05) is 11.8 Å². The number of benzene rings is 1. The Hall–Kier alpha value is -1.75. The van der Waals surface area contributed by atoms with Crippen LogP contribution in [0.4, 0.5) is 8.78 Å². The molecule has 0 aliphatic rings. The molecule has 2 aromatic rings. The van der Waals surface area contributed by atoms with E-state index in [1.807, 2.05) is 26.1 Å². The van der Waals surface area contributed by atoms with Crippen LogP contribution in [0.25, 0.3) is 0 Å². The summed E-state index contributed by atoms with van der Waals surface area (Å²) in [7, 11) is 0. The number of hydrogen-bond donors (Lipinski definition) is 1. The van der Waals surface area contributed by atoms with Crippen LogP contribution in [0.1, 0.15) is 24.2 Å². The number of halogens is 2. The molecule has 0 saturated carbocycles. The van der Waals surface area contributed by atoms with Gasteiger partial charge in [0.05, 0.1) is 18.3 Å². The smallest absolute Gasteiger partial charge is 0.163 e. The van der Waals surface area contributed by atoms with Crippen LogP contribution in [0.5, 0.6) is 0 Å². The van der Waals surface area contributed by atoms with Gasteiger partial charge >= 0.3 is 0 Å². The quantitative estimate of drug-likeness (QED) is 0.901. The van der Waals surface area contributed by atoms with Crippen molar-refractivity contribution >= 4 is 0 Å². The van der Waals surface area contributed by atoms with E-state index in [-0.39, 0.29) is 6.04 Å². The van der Waals surface area contributed by atoms with E-state index >= 15 is 0 Å². The highest BCUT2D eigenvalue weighted by molar-refractivity contribution is 5.22. The first kappa shape index (κ1) is 13.7. The van der Waals surface area contributed by atoms with Crippen molar-refractivity contribution in [2.45, 2.75) is 26.4 Å². The predicted octanol–water partition coefficient (Wildman–Crippen LogP) is 2.82. The van der Waals surface area contributed by atoms with Crippen LogP contribution in [-0.2, 0) is 6.54 Å². The molecule has 1 heterocycles. The second-order valence-corrected chi connectivity index (χ2v) is 4.43. The largest absolute Gasteiger partial charge is 0.309 e. The fraction of sp³-hybridized carbons (Fsp3) is 0.357. The van der Waals surface area contributed by atoms with Crippen molar-refractivity contribution in [2.75, 3.05) is 6.54 Å². The Labute approximate surface area is 111 Å². The van der Waals surface area contributed by atoms with Crippen LogP contribution in [-0.4, -0.2) is 16.3 Å². The first-order chi connectivity index (χ1) is 9.11. The van der Waals surface area contributed by atoms with Gasteiger partial charge in [-0.05, 0) is 25.6 Å². The van der Waals surface area contributed by atoms with E-state index in [0.717, 1.165) is 11.8 Å². The molecule has 1 aromatic heterocycles. The number of nitrogens with zero attached hydrogens (tertiary/aromatic N) is 2. The van der Waals surface area contributed by atoms with E-state index in [9.17, 15) is 8.78 Å². The van der Waals surface area contributed by atoms with E-state index in [1.165, 1.54) is 6.07 Å². The molecule has 5 heteroatoms. The maximum absolute atomic E-state index is 13.8. The molecule has 1 atom stereocenters. The lowest BCUT2D eigenvalue weighted by Gasteiger charge is -2.19. The van der Waals surface area contributed by atoms with Gasteiger partial charge in [0.25, 0.3) is 0 Å². The fourth-order valence-corrected chi connectivity index (χ4v) is 2.06. The Morgan fingerprint density at radius 3 is 2.74 bits per heavy atom. The summed E-state index contributed by atoms with van der Waals surface area (Å²) in [5, 5.41) is 7.43. The normalized spacial score (nSPS) is 12.6. The van der Waals surface area contributed by atoms with E-state index < -0.39 is 11.6 Å². The molecule has 1 unspecified atom stereocenters. The summed E-state index contributed by atoms with van der Waals surface area (Å²) in [5.74, 6) is -1.62. The summed E-state index contributed by atoms with van der Waals surface area (Å²) in [6.45, 7) is 4.95. The highest BCUT2D eigenvalue weighted by atomic mass is 19.2. The summed E-state index contributed by atoms with van der Waals surface area (Å²) < 4.78 is 28.9. The van der Waals surface area contributed by atoms with Gasteiger partial charge in [-0.15, -0.1) is 0 Å². The molecule has 1 aromatic carbocycles. The zero-order valence-electron chi connectivity index (χ0n) is 11.0.